The fourth-order valence-electron chi connectivity index (χ4n) is 3.01. The third-order valence-electron chi connectivity index (χ3n) is 4.28. The Morgan fingerprint density at radius 2 is 1.56 bits per heavy atom. The van der Waals surface area contributed by atoms with E-state index < -0.39 is 0 Å². The third-order valence-corrected chi connectivity index (χ3v) is 5.46. The number of Topliss-reactive ketones (excluding diaryl/α,β-unsaturated/α-hetero) is 1. The number of nitrogens with zero attached hydrogens (tertiary/aromatic N) is 1. The van der Waals surface area contributed by atoms with Gasteiger partial charge in [-0.3, -0.25) is 4.79 Å². The fraction of sp³-hybridized carbons (Fsp3) is 0.100. The van der Waals surface area contributed by atoms with Crippen molar-refractivity contribution in [2.75, 3.05) is 5.32 Å². The molecule has 0 atom stereocenters. The molecular weight excluding hydrogens is 444 g/mol. The number of ketones is 1. The molecule has 0 spiro atoms. The predicted molar refractivity (Wildman–Crippen MR) is 110 cm³/mol. The first-order chi connectivity index (χ1) is 12.1. The molecule has 1 heterocycles. The summed E-state index contributed by atoms with van der Waals surface area (Å²) in [5.74, 6) is -0.0668. The molecule has 25 heavy (non-hydrogen) atoms. The zero-order chi connectivity index (χ0) is 17.4. The molecule has 0 radical (unpaired) electrons. The number of anilines is 2. The molecule has 0 fully saturated rings. The minimum Gasteiger partial charge on any atom is -0.355 e. The summed E-state index contributed by atoms with van der Waals surface area (Å²) in [6.07, 6.45) is 5.46. The van der Waals surface area contributed by atoms with E-state index in [0.29, 0.717) is 8.96 Å². The second-order valence-corrected chi connectivity index (χ2v) is 7.68. The van der Waals surface area contributed by atoms with Crippen LogP contribution in [0, 0.1) is 0 Å². The molecule has 5 heteroatoms. The highest BCUT2D eigenvalue weighted by atomic mass is 79.9. The number of allylic oxidation sites excluding steroid dienone is 4. The number of hydrogen-bond donors (Lipinski definition) is 1. The molecule has 1 aliphatic heterocycles. The maximum Gasteiger partial charge on any atom is 0.207 e. The minimum atomic E-state index is -0.0668. The summed E-state index contributed by atoms with van der Waals surface area (Å²) in [6, 6.07) is 14.6. The Morgan fingerprint density at radius 1 is 0.880 bits per heavy atom. The highest BCUT2D eigenvalue weighted by Crippen LogP contribution is 2.32. The highest BCUT2D eigenvalue weighted by Gasteiger charge is 2.17. The Kier molecular flexibility index (Phi) is 4.44. The van der Waals surface area contributed by atoms with Crippen molar-refractivity contribution in [2.45, 2.75) is 12.8 Å². The molecule has 1 aliphatic carbocycles. The summed E-state index contributed by atoms with van der Waals surface area (Å²) in [6.45, 7) is 0. The van der Waals surface area contributed by atoms with E-state index in [9.17, 15) is 4.79 Å². The van der Waals surface area contributed by atoms with Crippen molar-refractivity contribution in [3.8, 4) is 0 Å². The molecule has 0 amide bonds. The van der Waals surface area contributed by atoms with Crippen LogP contribution in [-0.4, -0.2) is 11.5 Å². The number of aliphatic imine (C=N–C) groups is 1. The van der Waals surface area contributed by atoms with E-state index in [1.54, 1.807) is 12.2 Å². The standard InChI is InChI=1S/C20H14Br2N2O/c21-16-10-15(11-17(22)20(16)25)23-14-7-8-19-13(9-14)6-5-12-3-1-2-4-18(12)24-19/h1-4,7-11,24H,5-6H2. The average Bonchev–Trinajstić information content (AvgIpc) is 2.78. The van der Waals surface area contributed by atoms with Gasteiger partial charge >= 0.3 is 0 Å². The zero-order valence-electron chi connectivity index (χ0n) is 13.2. The van der Waals surface area contributed by atoms with E-state index in [-0.39, 0.29) is 5.78 Å². The molecule has 2 aromatic rings. The van der Waals surface area contributed by atoms with Crippen LogP contribution in [0.15, 0.2) is 68.6 Å². The molecular formula is C20H14Br2N2O. The first-order valence-electron chi connectivity index (χ1n) is 7.96. The quantitative estimate of drug-likeness (QED) is 0.554. The van der Waals surface area contributed by atoms with E-state index in [1.807, 2.05) is 6.07 Å². The normalized spacial score (nSPS) is 16.1. The van der Waals surface area contributed by atoms with Gasteiger partial charge in [0.15, 0.2) is 0 Å². The van der Waals surface area contributed by atoms with Crippen molar-refractivity contribution < 1.29 is 4.79 Å². The molecule has 0 saturated carbocycles. The van der Waals surface area contributed by atoms with Gasteiger partial charge in [-0.1, -0.05) is 18.2 Å². The minimum absolute atomic E-state index is 0.0668. The average molecular weight is 458 g/mol. The lowest BCUT2D eigenvalue weighted by atomic mass is 10.0. The number of carbonyl (C=O) groups is 1. The number of benzene rings is 2. The predicted octanol–water partition coefficient (Wildman–Crippen LogP) is 5.74. The van der Waals surface area contributed by atoms with Gasteiger partial charge in [0.1, 0.15) is 0 Å². The molecule has 0 bridgehead atoms. The van der Waals surface area contributed by atoms with Gasteiger partial charge in [0.25, 0.3) is 0 Å². The molecule has 2 aliphatic rings. The number of para-hydroxylation sites is 1. The van der Waals surface area contributed by atoms with Crippen LogP contribution in [-0.2, 0) is 17.6 Å². The molecule has 0 unspecified atom stereocenters. The first kappa shape index (κ1) is 16.5. The molecule has 0 saturated heterocycles. The van der Waals surface area contributed by atoms with Crippen molar-refractivity contribution in [1.29, 1.82) is 0 Å². The summed E-state index contributed by atoms with van der Waals surface area (Å²) in [7, 11) is 0. The highest BCUT2D eigenvalue weighted by molar-refractivity contribution is 9.13. The van der Waals surface area contributed by atoms with Gasteiger partial charge in [-0.05, 0) is 92.2 Å². The lowest BCUT2D eigenvalue weighted by Crippen LogP contribution is -2.07. The van der Waals surface area contributed by atoms with Crippen LogP contribution < -0.4 is 5.32 Å². The number of aryl methyl sites for hydroxylation is 2. The van der Waals surface area contributed by atoms with Gasteiger partial charge in [-0.25, -0.2) is 4.99 Å². The number of hydrogen-bond acceptors (Lipinski definition) is 3. The third kappa shape index (κ3) is 3.39. The van der Waals surface area contributed by atoms with Crippen molar-refractivity contribution in [2.24, 2.45) is 4.99 Å². The monoisotopic (exact) mass is 456 g/mol. The molecule has 0 aromatic heterocycles. The number of halogens is 2. The molecule has 3 nitrogen and oxygen atoms in total. The second kappa shape index (κ2) is 6.73. The van der Waals surface area contributed by atoms with E-state index in [0.717, 1.165) is 29.9 Å². The van der Waals surface area contributed by atoms with Crippen LogP contribution >= 0.6 is 31.9 Å². The van der Waals surface area contributed by atoms with Crippen molar-refractivity contribution >= 4 is 60.4 Å². The van der Waals surface area contributed by atoms with Crippen molar-refractivity contribution in [1.82, 2.24) is 0 Å². The van der Waals surface area contributed by atoms with Gasteiger partial charge in [-0.15, -0.1) is 0 Å². The van der Waals surface area contributed by atoms with E-state index in [4.69, 9.17) is 0 Å². The topological polar surface area (TPSA) is 41.5 Å². The maximum absolute atomic E-state index is 11.8. The van der Waals surface area contributed by atoms with E-state index in [1.165, 1.54) is 16.8 Å². The Hall–Kier alpha value is -1.98. The molecule has 2 aromatic carbocycles. The largest absolute Gasteiger partial charge is 0.355 e. The van der Waals surface area contributed by atoms with Crippen LogP contribution in [0.4, 0.5) is 17.1 Å². The van der Waals surface area contributed by atoms with Crippen LogP contribution in [0.25, 0.3) is 0 Å². The Balaban J connectivity index is 1.67. The SMILES string of the molecule is O=C1C(Br)=CC(=Nc2ccc3c(c2)CCc2ccccc2N3)C=C1Br. The van der Waals surface area contributed by atoms with Crippen LogP contribution in [0.3, 0.4) is 0 Å². The zero-order valence-corrected chi connectivity index (χ0v) is 16.4. The van der Waals surface area contributed by atoms with Gasteiger partial charge in [0.05, 0.1) is 20.4 Å². The molecule has 4 rings (SSSR count). The number of carbonyl (C=O) groups excluding carboxylic acids is 1. The second-order valence-electron chi connectivity index (χ2n) is 5.97. The number of nitrogens with one attached hydrogen (secondary N) is 1. The van der Waals surface area contributed by atoms with E-state index >= 15 is 0 Å². The van der Waals surface area contributed by atoms with Crippen molar-refractivity contribution in [3.63, 3.8) is 0 Å². The lowest BCUT2D eigenvalue weighted by molar-refractivity contribution is -0.110. The maximum atomic E-state index is 11.8. The Morgan fingerprint density at radius 3 is 2.36 bits per heavy atom. The summed E-state index contributed by atoms with van der Waals surface area (Å²) in [5.41, 5.74) is 6.49. The van der Waals surface area contributed by atoms with Crippen LogP contribution in [0.1, 0.15) is 11.1 Å². The number of rotatable bonds is 1. The van der Waals surface area contributed by atoms with Gasteiger partial charge in [0, 0.05) is 11.4 Å². The summed E-state index contributed by atoms with van der Waals surface area (Å²) < 4.78 is 1.01. The molecule has 1 N–H and O–H groups in total. The Labute approximate surface area is 162 Å². The molecule has 124 valence electrons. The van der Waals surface area contributed by atoms with Crippen molar-refractivity contribution in [3.05, 3.63) is 74.7 Å². The Bertz CT molecular complexity index is 949. The van der Waals surface area contributed by atoms with Gasteiger partial charge in [0.2, 0.25) is 5.78 Å². The van der Waals surface area contributed by atoms with Gasteiger partial charge < -0.3 is 5.32 Å². The summed E-state index contributed by atoms with van der Waals surface area (Å²) >= 11 is 6.57. The van der Waals surface area contributed by atoms with Crippen LogP contribution in [0.2, 0.25) is 0 Å². The first-order valence-corrected chi connectivity index (χ1v) is 9.54. The van der Waals surface area contributed by atoms with Gasteiger partial charge in [-0.2, -0.15) is 0 Å². The fourth-order valence-corrected chi connectivity index (χ4v) is 4.18. The van der Waals surface area contributed by atoms with Crippen LogP contribution in [0.5, 0.6) is 0 Å². The summed E-state index contributed by atoms with van der Waals surface area (Å²) in [4.78, 5) is 16.4. The smallest absolute Gasteiger partial charge is 0.207 e. The number of fused-ring (bicyclic) bond motifs is 2. The lowest BCUT2D eigenvalue weighted by Gasteiger charge is -2.10. The van der Waals surface area contributed by atoms with E-state index in [2.05, 4.69) is 78.6 Å². The summed E-state index contributed by atoms with van der Waals surface area (Å²) in [5, 5.41) is 3.52.